The molecule has 0 atom stereocenters. The summed E-state index contributed by atoms with van der Waals surface area (Å²) < 4.78 is 41.3. The molecule has 0 amide bonds. The molecule has 30 heavy (non-hydrogen) atoms. The van der Waals surface area contributed by atoms with Crippen LogP contribution in [0.3, 0.4) is 0 Å². The molecule has 0 saturated heterocycles. The van der Waals surface area contributed by atoms with E-state index in [9.17, 15) is 13.2 Å². The van der Waals surface area contributed by atoms with E-state index >= 15 is 0 Å². The minimum Gasteiger partial charge on any atom is -0.356 e. The lowest BCUT2D eigenvalue weighted by Crippen LogP contribution is -2.48. The molecule has 0 bridgehead atoms. The third-order valence-electron chi connectivity index (χ3n) is 5.73. The molecule has 0 spiro atoms. The van der Waals surface area contributed by atoms with Gasteiger partial charge in [-0.25, -0.2) is 0 Å². The van der Waals surface area contributed by atoms with Gasteiger partial charge in [-0.3, -0.25) is 9.39 Å². The number of fused-ring (bicyclic) bond motifs is 1. The van der Waals surface area contributed by atoms with Crippen LogP contribution >= 0.6 is 0 Å². The van der Waals surface area contributed by atoms with Crippen molar-refractivity contribution in [3.05, 3.63) is 65.6 Å². The number of aliphatic imine (C=N–C) groups is 1. The summed E-state index contributed by atoms with van der Waals surface area (Å²) in [5.74, 6) is 1.31. The number of pyridine rings is 1. The number of halogens is 3. The molecular weight excluding hydrogens is 393 g/mol. The molecule has 1 aliphatic rings. The van der Waals surface area contributed by atoms with Gasteiger partial charge in [0.1, 0.15) is 0 Å². The zero-order valence-electron chi connectivity index (χ0n) is 16.6. The fourth-order valence-corrected chi connectivity index (χ4v) is 3.84. The topological polar surface area (TPSA) is 66.6 Å². The molecule has 6 nitrogen and oxygen atoms in total. The summed E-state index contributed by atoms with van der Waals surface area (Å²) in [5, 5.41) is 14.8. The van der Waals surface area contributed by atoms with Crippen LogP contribution in [-0.4, -0.2) is 34.2 Å². The van der Waals surface area contributed by atoms with Crippen LogP contribution in [0.2, 0.25) is 0 Å². The maximum Gasteiger partial charge on any atom is 0.416 e. The number of nitrogens with one attached hydrogen (secondary N) is 2. The highest BCUT2D eigenvalue weighted by Gasteiger charge is 2.40. The number of aromatic nitrogens is 3. The van der Waals surface area contributed by atoms with Crippen molar-refractivity contribution in [3.8, 4) is 0 Å². The first kappa shape index (κ1) is 20.2. The molecule has 1 aliphatic carbocycles. The maximum atomic E-state index is 13.1. The zero-order chi connectivity index (χ0) is 21.2. The van der Waals surface area contributed by atoms with Gasteiger partial charge in [-0.05, 0) is 36.6 Å². The monoisotopic (exact) mass is 416 g/mol. The number of alkyl halides is 3. The second-order valence-electron chi connectivity index (χ2n) is 7.54. The zero-order valence-corrected chi connectivity index (χ0v) is 16.6. The van der Waals surface area contributed by atoms with Gasteiger partial charge in [-0.1, -0.05) is 30.7 Å². The summed E-state index contributed by atoms with van der Waals surface area (Å²) in [6.07, 6.45) is 0.225. The van der Waals surface area contributed by atoms with Crippen molar-refractivity contribution in [2.24, 2.45) is 4.99 Å². The standard InChI is InChI=1S/C21H23F3N6/c1-25-19(26-13-18-29-28-17-8-2-3-11-30(17)18)27-14-20(9-5-10-20)15-6-4-7-16(12-15)21(22,23)24/h2-4,6-8,11-12H,5,9-10,13-14H2,1H3,(H2,25,26,27). The first-order chi connectivity index (χ1) is 14.4. The number of guanidine groups is 1. The largest absolute Gasteiger partial charge is 0.416 e. The van der Waals surface area contributed by atoms with E-state index in [1.807, 2.05) is 28.8 Å². The Labute approximate surface area is 172 Å². The van der Waals surface area contributed by atoms with Gasteiger partial charge in [0, 0.05) is 25.2 Å². The lowest BCUT2D eigenvalue weighted by atomic mass is 9.64. The number of benzene rings is 1. The Bertz CT molecular complexity index is 1050. The van der Waals surface area contributed by atoms with Crippen molar-refractivity contribution < 1.29 is 13.2 Å². The van der Waals surface area contributed by atoms with Crippen LogP contribution in [0.15, 0.2) is 53.7 Å². The summed E-state index contributed by atoms with van der Waals surface area (Å²) in [7, 11) is 1.66. The number of nitrogens with zero attached hydrogens (tertiary/aromatic N) is 4. The van der Waals surface area contributed by atoms with E-state index in [0.29, 0.717) is 19.0 Å². The van der Waals surface area contributed by atoms with Crippen molar-refractivity contribution in [2.75, 3.05) is 13.6 Å². The molecule has 0 radical (unpaired) electrons. The Morgan fingerprint density at radius 1 is 1.13 bits per heavy atom. The van der Waals surface area contributed by atoms with Crippen LogP contribution in [0.5, 0.6) is 0 Å². The Morgan fingerprint density at radius 3 is 2.67 bits per heavy atom. The molecule has 0 aliphatic heterocycles. The van der Waals surface area contributed by atoms with E-state index in [0.717, 1.165) is 42.4 Å². The summed E-state index contributed by atoms with van der Waals surface area (Å²) in [5.41, 5.74) is 0.554. The molecule has 2 heterocycles. The van der Waals surface area contributed by atoms with E-state index in [4.69, 9.17) is 0 Å². The van der Waals surface area contributed by atoms with Crippen molar-refractivity contribution in [1.82, 2.24) is 25.2 Å². The molecule has 158 valence electrons. The van der Waals surface area contributed by atoms with E-state index in [-0.39, 0.29) is 5.41 Å². The van der Waals surface area contributed by atoms with Crippen molar-refractivity contribution in [2.45, 2.75) is 37.4 Å². The van der Waals surface area contributed by atoms with Gasteiger partial charge in [-0.15, -0.1) is 10.2 Å². The lowest BCUT2D eigenvalue weighted by Gasteiger charge is -2.43. The summed E-state index contributed by atoms with van der Waals surface area (Å²) in [6.45, 7) is 0.927. The number of rotatable bonds is 5. The predicted molar refractivity (Wildman–Crippen MR) is 108 cm³/mol. The van der Waals surface area contributed by atoms with Crippen LogP contribution in [-0.2, 0) is 18.1 Å². The van der Waals surface area contributed by atoms with E-state index in [1.54, 1.807) is 13.1 Å². The highest BCUT2D eigenvalue weighted by molar-refractivity contribution is 5.79. The first-order valence-electron chi connectivity index (χ1n) is 9.82. The van der Waals surface area contributed by atoms with Gasteiger partial charge in [0.25, 0.3) is 0 Å². The van der Waals surface area contributed by atoms with Crippen molar-refractivity contribution >= 4 is 11.6 Å². The van der Waals surface area contributed by atoms with Crippen LogP contribution in [0.25, 0.3) is 5.65 Å². The van der Waals surface area contributed by atoms with Gasteiger partial charge < -0.3 is 10.6 Å². The van der Waals surface area contributed by atoms with Gasteiger partial charge in [0.2, 0.25) is 0 Å². The minimum atomic E-state index is -4.34. The quantitative estimate of drug-likeness (QED) is 0.493. The average Bonchev–Trinajstić information content (AvgIpc) is 3.12. The summed E-state index contributed by atoms with van der Waals surface area (Å²) >= 11 is 0. The number of hydrogen-bond acceptors (Lipinski definition) is 3. The van der Waals surface area contributed by atoms with Gasteiger partial charge in [0.15, 0.2) is 17.4 Å². The molecule has 3 aromatic rings. The van der Waals surface area contributed by atoms with Crippen LogP contribution in [0.1, 0.15) is 36.2 Å². The average molecular weight is 416 g/mol. The normalized spacial score (nSPS) is 16.3. The molecule has 2 aromatic heterocycles. The third-order valence-corrected chi connectivity index (χ3v) is 5.73. The molecule has 1 fully saturated rings. The molecule has 4 rings (SSSR count). The number of hydrogen-bond donors (Lipinski definition) is 2. The third kappa shape index (κ3) is 3.96. The molecule has 1 saturated carbocycles. The Balaban J connectivity index is 1.43. The fraction of sp³-hybridized carbons (Fsp3) is 0.381. The highest BCUT2D eigenvalue weighted by Crippen LogP contribution is 2.44. The first-order valence-corrected chi connectivity index (χ1v) is 9.82. The van der Waals surface area contributed by atoms with E-state index in [1.165, 1.54) is 12.1 Å². The van der Waals surface area contributed by atoms with Crippen molar-refractivity contribution in [1.29, 1.82) is 0 Å². The molecule has 9 heteroatoms. The van der Waals surface area contributed by atoms with Crippen LogP contribution < -0.4 is 10.6 Å². The smallest absolute Gasteiger partial charge is 0.356 e. The van der Waals surface area contributed by atoms with Gasteiger partial charge in [0.05, 0.1) is 12.1 Å². The molecule has 0 unspecified atom stereocenters. The van der Waals surface area contributed by atoms with E-state index in [2.05, 4.69) is 25.8 Å². The Morgan fingerprint density at radius 2 is 1.97 bits per heavy atom. The molecule has 1 aromatic carbocycles. The predicted octanol–water partition coefficient (Wildman–Crippen LogP) is 3.54. The second-order valence-corrected chi connectivity index (χ2v) is 7.54. The summed E-state index contributed by atoms with van der Waals surface area (Å²) in [4.78, 5) is 4.24. The maximum absolute atomic E-state index is 13.1. The van der Waals surface area contributed by atoms with Crippen molar-refractivity contribution in [3.63, 3.8) is 0 Å². The summed E-state index contributed by atoms with van der Waals surface area (Å²) in [6, 6.07) is 11.3. The molecule has 2 N–H and O–H groups in total. The fourth-order valence-electron chi connectivity index (χ4n) is 3.84. The second kappa shape index (κ2) is 7.97. The van der Waals surface area contributed by atoms with Gasteiger partial charge in [-0.2, -0.15) is 13.2 Å². The molecular formula is C21H23F3N6. The lowest BCUT2D eigenvalue weighted by molar-refractivity contribution is -0.137. The Hall–Kier alpha value is -3.10. The van der Waals surface area contributed by atoms with E-state index < -0.39 is 11.7 Å². The SMILES string of the molecule is CN=C(NCc1nnc2ccccn12)NCC1(c2cccc(C(F)(F)F)c2)CCC1. The van der Waals surface area contributed by atoms with Gasteiger partial charge >= 0.3 is 6.18 Å². The van der Waals surface area contributed by atoms with Crippen LogP contribution in [0.4, 0.5) is 13.2 Å². The highest BCUT2D eigenvalue weighted by atomic mass is 19.4. The van der Waals surface area contributed by atoms with Crippen LogP contribution in [0, 0.1) is 0 Å². The Kier molecular flexibility index (Phi) is 5.36. The minimum absolute atomic E-state index is 0.319.